The predicted octanol–water partition coefficient (Wildman–Crippen LogP) is 2.43. The topological polar surface area (TPSA) is 99.9 Å². The second-order valence-corrected chi connectivity index (χ2v) is 4.68. The number of aromatic nitrogens is 1. The number of amides is 1. The SMILES string of the molecule is CCOC(=O)c1c(C)noc1NC(=O)c1c(OC)cccc1OC. The van der Waals surface area contributed by atoms with Gasteiger partial charge < -0.3 is 18.7 Å². The third-order valence-corrected chi connectivity index (χ3v) is 3.22. The highest BCUT2D eigenvalue weighted by atomic mass is 16.5. The molecular weight excluding hydrogens is 316 g/mol. The molecular formula is C16H18N2O6. The van der Waals surface area contributed by atoms with E-state index in [2.05, 4.69) is 10.5 Å². The van der Waals surface area contributed by atoms with E-state index in [9.17, 15) is 9.59 Å². The van der Waals surface area contributed by atoms with Crippen molar-refractivity contribution in [2.45, 2.75) is 13.8 Å². The minimum atomic E-state index is -0.626. The van der Waals surface area contributed by atoms with E-state index >= 15 is 0 Å². The van der Waals surface area contributed by atoms with Gasteiger partial charge in [-0.1, -0.05) is 11.2 Å². The number of carbonyl (C=O) groups is 2. The summed E-state index contributed by atoms with van der Waals surface area (Å²) in [5.41, 5.74) is 0.557. The Bertz CT molecular complexity index is 731. The highest BCUT2D eigenvalue weighted by Gasteiger charge is 2.26. The molecule has 0 radical (unpaired) electrons. The maximum absolute atomic E-state index is 12.6. The van der Waals surface area contributed by atoms with Crippen molar-refractivity contribution in [1.29, 1.82) is 0 Å². The molecule has 0 saturated carbocycles. The average molecular weight is 334 g/mol. The maximum atomic E-state index is 12.6. The first-order valence-corrected chi connectivity index (χ1v) is 7.19. The van der Waals surface area contributed by atoms with Crippen LogP contribution in [0, 0.1) is 6.92 Å². The minimum absolute atomic E-state index is 0.0686. The number of ether oxygens (including phenoxy) is 3. The number of carbonyl (C=O) groups excluding carboxylic acids is 2. The third kappa shape index (κ3) is 3.32. The van der Waals surface area contributed by atoms with Gasteiger partial charge >= 0.3 is 5.97 Å². The van der Waals surface area contributed by atoms with Crippen LogP contribution in [0.4, 0.5) is 5.88 Å². The van der Waals surface area contributed by atoms with Gasteiger partial charge in [0.2, 0.25) is 5.88 Å². The van der Waals surface area contributed by atoms with Crippen molar-refractivity contribution in [1.82, 2.24) is 5.16 Å². The summed E-state index contributed by atoms with van der Waals surface area (Å²) < 4.78 is 20.4. The number of nitrogens with zero attached hydrogens (tertiary/aromatic N) is 1. The molecule has 0 aliphatic heterocycles. The largest absolute Gasteiger partial charge is 0.496 e. The molecule has 24 heavy (non-hydrogen) atoms. The predicted molar refractivity (Wildman–Crippen MR) is 84.7 cm³/mol. The molecule has 1 aromatic carbocycles. The molecule has 0 saturated heterocycles. The number of hydrogen-bond donors (Lipinski definition) is 1. The van der Waals surface area contributed by atoms with Crippen LogP contribution in [-0.2, 0) is 4.74 Å². The van der Waals surface area contributed by atoms with Gasteiger partial charge in [0, 0.05) is 0 Å². The first-order chi connectivity index (χ1) is 11.5. The summed E-state index contributed by atoms with van der Waals surface area (Å²) in [5, 5.41) is 6.21. The lowest BCUT2D eigenvalue weighted by Crippen LogP contribution is -2.17. The molecule has 8 nitrogen and oxygen atoms in total. The zero-order chi connectivity index (χ0) is 17.7. The summed E-state index contributed by atoms with van der Waals surface area (Å²) >= 11 is 0. The van der Waals surface area contributed by atoms with Gasteiger partial charge in [0.1, 0.15) is 22.6 Å². The molecule has 2 aromatic rings. The van der Waals surface area contributed by atoms with Crippen molar-refractivity contribution in [3.05, 3.63) is 35.0 Å². The number of hydrogen-bond acceptors (Lipinski definition) is 7. The molecule has 0 bridgehead atoms. The summed E-state index contributed by atoms with van der Waals surface area (Å²) in [6, 6.07) is 4.93. The van der Waals surface area contributed by atoms with Crippen molar-refractivity contribution in [3.63, 3.8) is 0 Å². The lowest BCUT2D eigenvalue weighted by Gasteiger charge is -2.12. The minimum Gasteiger partial charge on any atom is -0.496 e. The molecule has 0 unspecified atom stereocenters. The van der Waals surface area contributed by atoms with Crippen LogP contribution in [0.15, 0.2) is 22.7 Å². The number of benzene rings is 1. The quantitative estimate of drug-likeness (QED) is 0.810. The Kier molecular flexibility index (Phi) is 5.41. The van der Waals surface area contributed by atoms with E-state index in [0.29, 0.717) is 17.2 Å². The summed E-state index contributed by atoms with van der Waals surface area (Å²) in [5.74, 6) is -0.644. The standard InChI is InChI=1S/C16H18N2O6/c1-5-23-16(20)12-9(2)18-24-15(12)17-14(19)13-10(21-3)7-6-8-11(13)22-4/h6-8H,5H2,1-4H3,(H,17,19). The number of nitrogens with one attached hydrogen (secondary N) is 1. The molecule has 1 aromatic heterocycles. The second-order valence-electron chi connectivity index (χ2n) is 4.68. The Morgan fingerprint density at radius 1 is 1.17 bits per heavy atom. The Labute approximate surface area is 138 Å². The summed E-state index contributed by atoms with van der Waals surface area (Å²) in [7, 11) is 2.88. The number of anilines is 1. The van der Waals surface area contributed by atoms with Crippen molar-refractivity contribution >= 4 is 17.8 Å². The Hall–Kier alpha value is -3.03. The van der Waals surface area contributed by atoms with Gasteiger partial charge in [0.05, 0.1) is 26.5 Å². The molecule has 8 heteroatoms. The lowest BCUT2D eigenvalue weighted by atomic mass is 10.1. The van der Waals surface area contributed by atoms with E-state index < -0.39 is 11.9 Å². The molecule has 1 N–H and O–H groups in total. The zero-order valence-electron chi connectivity index (χ0n) is 13.8. The molecule has 0 aliphatic rings. The fourth-order valence-electron chi connectivity index (χ4n) is 2.14. The van der Waals surface area contributed by atoms with Crippen LogP contribution < -0.4 is 14.8 Å². The molecule has 1 amide bonds. The summed E-state index contributed by atoms with van der Waals surface area (Å²) in [4.78, 5) is 24.6. The van der Waals surface area contributed by atoms with Crippen molar-refractivity contribution in [2.24, 2.45) is 0 Å². The van der Waals surface area contributed by atoms with Crippen LogP contribution >= 0.6 is 0 Å². The third-order valence-electron chi connectivity index (χ3n) is 3.22. The van der Waals surface area contributed by atoms with Crippen molar-refractivity contribution in [3.8, 4) is 11.5 Å². The monoisotopic (exact) mass is 334 g/mol. The normalized spacial score (nSPS) is 10.2. The molecule has 1 heterocycles. The highest BCUT2D eigenvalue weighted by Crippen LogP contribution is 2.30. The van der Waals surface area contributed by atoms with E-state index in [0.717, 1.165) is 0 Å². The van der Waals surface area contributed by atoms with Crippen LogP contribution in [-0.4, -0.2) is 37.9 Å². The van der Waals surface area contributed by atoms with Gasteiger partial charge in [-0.3, -0.25) is 10.1 Å². The Balaban J connectivity index is 2.37. The second kappa shape index (κ2) is 7.49. The van der Waals surface area contributed by atoms with Gasteiger partial charge in [0.25, 0.3) is 5.91 Å². The zero-order valence-corrected chi connectivity index (χ0v) is 13.8. The van der Waals surface area contributed by atoms with Crippen LogP contribution in [0.3, 0.4) is 0 Å². The van der Waals surface area contributed by atoms with Crippen LogP contribution in [0.25, 0.3) is 0 Å². The first kappa shape index (κ1) is 17.3. The van der Waals surface area contributed by atoms with E-state index in [1.807, 2.05) is 0 Å². The van der Waals surface area contributed by atoms with Gasteiger partial charge in [-0.2, -0.15) is 0 Å². The van der Waals surface area contributed by atoms with Crippen LogP contribution in [0.5, 0.6) is 11.5 Å². The Morgan fingerprint density at radius 3 is 2.33 bits per heavy atom. The maximum Gasteiger partial charge on any atom is 0.345 e. The van der Waals surface area contributed by atoms with Crippen LogP contribution in [0.1, 0.15) is 33.3 Å². The number of aryl methyl sites for hydroxylation is 1. The number of rotatable bonds is 6. The van der Waals surface area contributed by atoms with E-state index in [1.54, 1.807) is 32.0 Å². The van der Waals surface area contributed by atoms with Crippen LogP contribution in [0.2, 0.25) is 0 Å². The fourth-order valence-corrected chi connectivity index (χ4v) is 2.14. The Morgan fingerprint density at radius 2 is 1.79 bits per heavy atom. The van der Waals surface area contributed by atoms with Crippen molar-refractivity contribution in [2.75, 3.05) is 26.1 Å². The molecule has 0 spiro atoms. The average Bonchev–Trinajstić information content (AvgIpc) is 2.94. The fraction of sp³-hybridized carbons (Fsp3) is 0.312. The summed E-state index contributed by atoms with van der Waals surface area (Å²) in [6.45, 7) is 3.45. The van der Waals surface area contributed by atoms with Crippen molar-refractivity contribution < 1.29 is 28.3 Å². The summed E-state index contributed by atoms with van der Waals surface area (Å²) in [6.07, 6.45) is 0. The van der Waals surface area contributed by atoms with Gasteiger partial charge in [-0.25, -0.2) is 4.79 Å². The van der Waals surface area contributed by atoms with Gasteiger partial charge in [0.15, 0.2) is 0 Å². The molecule has 2 rings (SSSR count). The first-order valence-electron chi connectivity index (χ1n) is 7.19. The van der Waals surface area contributed by atoms with E-state index in [4.69, 9.17) is 18.7 Å². The molecule has 0 fully saturated rings. The smallest absolute Gasteiger partial charge is 0.345 e. The van der Waals surface area contributed by atoms with Gasteiger partial charge in [-0.05, 0) is 26.0 Å². The van der Waals surface area contributed by atoms with E-state index in [1.165, 1.54) is 14.2 Å². The lowest BCUT2D eigenvalue weighted by molar-refractivity contribution is 0.0526. The van der Waals surface area contributed by atoms with E-state index in [-0.39, 0.29) is 23.6 Å². The number of esters is 1. The molecule has 0 aliphatic carbocycles. The molecule has 0 atom stereocenters. The highest BCUT2D eigenvalue weighted by molar-refractivity contribution is 6.10. The number of methoxy groups -OCH3 is 2. The van der Waals surface area contributed by atoms with Gasteiger partial charge in [-0.15, -0.1) is 0 Å². The molecule has 128 valence electrons.